The summed E-state index contributed by atoms with van der Waals surface area (Å²) in [5.74, 6) is -1.26. The number of hydrogen-bond donors (Lipinski definition) is 0. The number of ether oxygens (including phenoxy) is 3. The van der Waals surface area contributed by atoms with Crippen molar-refractivity contribution in [1.29, 1.82) is 0 Å². The van der Waals surface area contributed by atoms with Gasteiger partial charge in [-0.3, -0.25) is 9.59 Å². The van der Waals surface area contributed by atoms with Gasteiger partial charge in [0, 0.05) is 6.42 Å². The Labute approximate surface area is 136 Å². The van der Waals surface area contributed by atoms with E-state index < -0.39 is 23.4 Å². The Balaban J connectivity index is 2.38. The molecule has 1 aromatic rings. The summed E-state index contributed by atoms with van der Waals surface area (Å²) in [4.78, 5) is 39.5. The minimum atomic E-state index is -1.37. The second kappa shape index (κ2) is 6.91. The number of carbonyl (C=O) groups excluding carboxylic acids is 3. The SMILES string of the molecule is CCOC(=O)/N=c1/cc2c(cs1)CC(C(=O)OC)(C(=O)OC)C2. The van der Waals surface area contributed by atoms with Crippen LogP contribution in [-0.4, -0.2) is 38.9 Å². The van der Waals surface area contributed by atoms with Gasteiger partial charge in [-0.05, 0) is 35.9 Å². The third-order valence-corrected chi connectivity index (χ3v) is 4.49. The first kappa shape index (κ1) is 17.1. The molecule has 0 saturated carbocycles. The molecule has 124 valence electrons. The van der Waals surface area contributed by atoms with Crippen LogP contribution < -0.4 is 4.67 Å². The number of carbonyl (C=O) groups is 3. The van der Waals surface area contributed by atoms with Crippen LogP contribution in [0.3, 0.4) is 0 Å². The van der Waals surface area contributed by atoms with Crippen LogP contribution >= 0.6 is 11.3 Å². The lowest BCUT2D eigenvalue weighted by molar-refractivity contribution is -0.168. The molecule has 0 aliphatic heterocycles. The van der Waals surface area contributed by atoms with Gasteiger partial charge in [0.1, 0.15) is 4.67 Å². The highest BCUT2D eigenvalue weighted by Crippen LogP contribution is 2.39. The van der Waals surface area contributed by atoms with E-state index in [0.29, 0.717) is 4.67 Å². The number of hydrogen-bond acceptors (Lipinski definition) is 7. The number of amides is 1. The number of fused-ring (bicyclic) bond motifs is 1. The van der Waals surface area contributed by atoms with Gasteiger partial charge in [-0.2, -0.15) is 4.99 Å². The third kappa shape index (κ3) is 3.26. The zero-order chi connectivity index (χ0) is 17.0. The van der Waals surface area contributed by atoms with Crippen molar-refractivity contribution in [3.05, 3.63) is 27.2 Å². The minimum absolute atomic E-state index is 0.153. The summed E-state index contributed by atoms with van der Waals surface area (Å²) in [6.07, 6.45) is -0.313. The zero-order valence-electron chi connectivity index (χ0n) is 13.1. The van der Waals surface area contributed by atoms with Gasteiger partial charge in [-0.1, -0.05) is 0 Å². The second-order valence-corrected chi connectivity index (χ2v) is 5.89. The lowest BCUT2D eigenvalue weighted by Gasteiger charge is -2.22. The molecular formula is C15H17NO6S. The van der Waals surface area contributed by atoms with Gasteiger partial charge in [-0.25, -0.2) is 4.79 Å². The van der Waals surface area contributed by atoms with Crippen molar-refractivity contribution in [1.82, 2.24) is 0 Å². The zero-order valence-corrected chi connectivity index (χ0v) is 13.9. The molecule has 0 saturated heterocycles. The average molecular weight is 339 g/mol. The Kier molecular flexibility index (Phi) is 5.15. The van der Waals surface area contributed by atoms with E-state index in [-0.39, 0.29) is 19.4 Å². The lowest BCUT2D eigenvalue weighted by atomic mass is 9.85. The Bertz CT molecular complexity index is 692. The van der Waals surface area contributed by atoms with Crippen LogP contribution in [0.15, 0.2) is 16.4 Å². The van der Waals surface area contributed by atoms with Gasteiger partial charge in [0.2, 0.25) is 0 Å². The summed E-state index contributed by atoms with van der Waals surface area (Å²) >= 11 is 1.24. The molecule has 1 amide bonds. The predicted molar refractivity (Wildman–Crippen MR) is 80.8 cm³/mol. The van der Waals surface area contributed by atoms with Crippen LogP contribution in [0, 0.1) is 5.41 Å². The minimum Gasteiger partial charge on any atom is -0.468 e. The quantitative estimate of drug-likeness (QED) is 0.467. The van der Waals surface area contributed by atoms with Crippen molar-refractivity contribution in [3.8, 4) is 0 Å². The van der Waals surface area contributed by atoms with Crippen LogP contribution in [0.2, 0.25) is 0 Å². The van der Waals surface area contributed by atoms with E-state index in [1.165, 1.54) is 25.6 Å². The summed E-state index contributed by atoms with van der Waals surface area (Å²) in [6, 6.07) is 1.69. The van der Waals surface area contributed by atoms with Crippen LogP contribution in [0.1, 0.15) is 18.1 Å². The summed E-state index contributed by atoms with van der Waals surface area (Å²) in [6.45, 7) is 1.94. The average Bonchev–Trinajstić information content (AvgIpc) is 2.93. The maximum absolute atomic E-state index is 12.1. The molecule has 7 nitrogen and oxygen atoms in total. The van der Waals surface area contributed by atoms with E-state index in [2.05, 4.69) is 4.99 Å². The molecule has 2 rings (SSSR count). The molecule has 0 atom stereocenters. The van der Waals surface area contributed by atoms with E-state index >= 15 is 0 Å². The van der Waals surface area contributed by atoms with Crippen LogP contribution in [-0.2, 0) is 36.6 Å². The molecule has 23 heavy (non-hydrogen) atoms. The summed E-state index contributed by atoms with van der Waals surface area (Å²) in [5, 5.41) is 1.78. The van der Waals surface area contributed by atoms with Crippen LogP contribution in [0.25, 0.3) is 0 Å². The molecule has 1 aliphatic carbocycles. The second-order valence-electron chi connectivity index (χ2n) is 5.00. The largest absolute Gasteiger partial charge is 0.468 e. The first-order valence-electron chi connectivity index (χ1n) is 6.95. The first-order chi connectivity index (χ1) is 11.0. The Morgan fingerprint density at radius 2 is 1.78 bits per heavy atom. The first-order valence-corrected chi connectivity index (χ1v) is 7.83. The van der Waals surface area contributed by atoms with E-state index in [0.717, 1.165) is 11.1 Å². The maximum atomic E-state index is 12.1. The molecule has 1 heterocycles. The van der Waals surface area contributed by atoms with Crippen molar-refractivity contribution in [2.75, 3.05) is 20.8 Å². The number of nitrogens with zero attached hydrogens (tertiary/aromatic N) is 1. The normalized spacial score (nSPS) is 15.7. The van der Waals surface area contributed by atoms with Crippen molar-refractivity contribution in [3.63, 3.8) is 0 Å². The van der Waals surface area contributed by atoms with Crippen molar-refractivity contribution in [2.45, 2.75) is 19.8 Å². The Hall–Kier alpha value is -2.22. The molecule has 0 fully saturated rings. The molecule has 1 aromatic heterocycles. The molecule has 8 heteroatoms. The molecular weight excluding hydrogens is 322 g/mol. The van der Waals surface area contributed by atoms with Gasteiger partial charge in [-0.15, -0.1) is 11.3 Å². The molecule has 1 aliphatic rings. The van der Waals surface area contributed by atoms with Gasteiger partial charge in [0.15, 0.2) is 5.41 Å². The highest BCUT2D eigenvalue weighted by molar-refractivity contribution is 7.07. The predicted octanol–water partition coefficient (Wildman–Crippen LogP) is 1.24. The van der Waals surface area contributed by atoms with Crippen molar-refractivity contribution in [2.24, 2.45) is 10.4 Å². The van der Waals surface area contributed by atoms with Crippen molar-refractivity contribution < 1.29 is 28.6 Å². The van der Waals surface area contributed by atoms with E-state index in [4.69, 9.17) is 14.2 Å². The summed E-state index contributed by atoms with van der Waals surface area (Å²) in [5.41, 5.74) is 0.234. The lowest BCUT2D eigenvalue weighted by Crippen LogP contribution is -2.42. The van der Waals surface area contributed by atoms with Crippen LogP contribution in [0.4, 0.5) is 4.79 Å². The molecule has 0 spiro atoms. The van der Waals surface area contributed by atoms with Gasteiger partial charge in [0.05, 0.1) is 20.8 Å². The summed E-state index contributed by atoms with van der Waals surface area (Å²) < 4.78 is 14.8. The Morgan fingerprint density at radius 3 is 2.35 bits per heavy atom. The molecule has 0 N–H and O–H groups in total. The number of methoxy groups -OCH3 is 2. The van der Waals surface area contributed by atoms with E-state index in [1.807, 2.05) is 0 Å². The molecule has 0 unspecified atom stereocenters. The molecule has 0 bridgehead atoms. The smallest absolute Gasteiger partial charge is 0.434 e. The van der Waals surface area contributed by atoms with E-state index in [9.17, 15) is 14.4 Å². The highest BCUT2D eigenvalue weighted by Gasteiger charge is 2.52. The van der Waals surface area contributed by atoms with Gasteiger partial charge >= 0.3 is 18.0 Å². The van der Waals surface area contributed by atoms with Gasteiger partial charge < -0.3 is 14.2 Å². The highest BCUT2D eigenvalue weighted by atomic mass is 32.1. The standard InChI is InChI=1S/C15H17NO6S/c1-4-22-14(19)16-11-5-9-6-15(12(17)20-2,13(18)21-3)7-10(9)8-23-11/h5,8H,4,6-7H2,1-3H3/b16-11-. The van der Waals surface area contributed by atoms with Gasteiger partial charge in [0.25, 0.3) is 0 Å². The Morgan fingerprint density at radius 1 is 1.17 bits per heavy atom. The third-order valence-electron chi connectivity index (χ3n) is 3.64. The number of rotatable bonds is 3. The fourth-order valence-electron chi connectivity index (χ4n) is 2.58. The topological polar surface area (TPSA) is 91.3 Å². The van der Waals surface area contributed by atoms with Crippen LogP contribution in [0.5, 0.6) is 0 Å². The maximum Gasteiger partial charge on any atom is 0.434 e. The monoisotopic (exact) mass is 339 g/mol. The molecule has 0 radical (unpaired) electrons. The number of esters is 2. The summed E-state index contributed by atoms with van der Waals surface area (Å²) in [7, 11) is 2.47. The van der Waals surface area contributed by atoms with E-state index in [1.54, 1.807) is 18.4 Å². The van der Waals surface area contributed by atoms with Crippen molar-refractivity contribution >= 4 is 29.4 Å². The molecule has 0 aromatic carbocycles. The fourth-order valence-corrected chi connectivity index (χ4v) is 3.42. The fraction of sp³-hybridized carbons (Fsp3) is 0.467.